The summed E-state index contributed by atoms with van der Waals surface area (Å²) in [5.74, 6) is 0.285. The van der Waals surface area contributed by atoms with Crippen molar-refractivity contribution in [3.63, 3.8) is 0 Å². The number of ether oxygens (including phenoxy) is 1. The minimum absolute atomic E-state index is 0.147. The van der Waals surface area contributed by atoms with E-state index in [0.29, 0.717) is 36.7 Å². The van der Waals surface area contributed by atoms with Crippen LogP contribution in [0.3, 0.4) is 0 Å². The zero-order valence-corrected chi connectivity index (χ0v) is 9.72. The number of carbonyl (C=O) groups excluding carboxylic acids is 1. The van der Waals surface area contributed by atoms with Crippen LogP contribution in [0.5, 0.6) is 5.75 Å². The number of hydrogen-bond acceptors (Lipinski definition) is 4. The number of rotatable bonds is 3. The molecule has 0 bridgehead atoms. The monoisotopic (exact) mass is 236 g/mol. The summed E-state index contributed by atoms with van der Waals surface area (Å²) in [5.41, 5.74) is 6.70. The average Bonchev–Trinajstić information content (AvgIpc) is 2.27. The van der Waals surface area contributed by atoms with Crippen molar-refractivity contribution < 1.29 is 14.6 Å². The third kappa shape index (κ3) is 2.19. The van der Waals surface area contributed by atoms with Gasteiger partial charge in [-0.3, -0.25) is 4.79 Å². The van der Waals surface area contributed by atoms with E-state index < -0.39 is 6.10 Å². The molecule has 0 radical (unpaired) electrons. The number of carbonyl (C=O) groups is 1. The van der Waals surface area contributed by atoms with Gasteiger partial charge in [0, 0.05) is 13.1 Å². The third-order valence-electron chi connectivity index (χ3n) is 2.71. The van der Waals surface area contributed by atoms with Crippen LogP contribution in [0.4, 0.5) is 5.69 Å². The Morgan fingerprint density at radius 3 is 2.88 bits per heavy atom. The quantitative estimate of drug-likeness (QED) is 0.749. The second kappa shape index (κ2) is 4.63. The van der Waals surface area contributed by atoms with Crippen LogP contribution in [0.15, 0.2) is 18.2 Å². The van der Waals surface area contributed by atoms with Crippen molar-refractivity contribution in [3.8, 4) is 5.75 Å². The van der Waals surface area contributed by atoms with Crippen molar-refractivity contribution in [1.82, 2.24) is 4.90 Å². The Hall–Kier alpha value is -1.75. The maximum Gasteiger partial charge on any atom is 0.257 e. The Balaban J connectivity index is 2.25. The van der Waals surface area contributed by atoms with Crippen LogP contribution in [-0.4, -0.2) is 41.7 Å². The molecule has 17 heavy (non-hydrogen) atoms. The van der Waals surface area contributed by atoms with Gasteiger partial charge < -0.3 is 20.5 Å². The summed E-state index contributed by atoms with van der Waals surface area (Å²) in [6.07, 6.45) is -0.407. The molecule has 0 saturated carbocycles. The fourth-order valence-corrected chi connectivity index (χ4v) is 1.82. The lowest BCUT2D eigenvalue weighted by atomic mass is 10.1. The molecule has 5 nitrogen and oxygen atoms in total. The average molecular weight is 236 g/mol. The second-order valence-electron chi connectivity index (χ2n) is 4.02. The number of nitrogen functional groups attached to an aromatic ring is 1. The fraction of sp³-hybridized carbons (Fsp3) is 0.417. The van der Waals surface area contributed by atoms with E-state index >= 15 is 0 Å². The minimum Gasteiger partial charge on any atom is -0.491 e. The van der Waals surface area contributed by atoms with E-state index in [1.54, 1.807) is 23.1 Å². The summed E-state index contributed by atoms with van der Waals surface area (Å²) in [5, 5.41) is 9.19. The smallest absolute Gasteiger partial charge is 0.257 e. The third-order valence-corrected chi connectivity index (χ3v) is 2.71. The number of hydrogen-bond donors (Lipinski definition) is 2. The topological polar surface area (TPSA) is 75.8 Å². The van der Waals surface area contributed by atoms with Gasteiger partial charge in [-0.25, -0.2) is 0 Å². The number of benzene rings is 1. The van der Waals surface area contributed by atoms with Crippen molar-refractivity contribution in [1.29, 1.82) is 0 Å². The van der Waals surface area contributed by atoms with Crippen molar-refractivity contribution >= 4 is 11.6 Å². The molecule has 1 aliphatic heterocycles. The predicted molar refractivity (Wildman–Crippen MR) is 63.9 cm³/mol. The maximum absolute atomic E-state index is 12.1. The minimum atomic E-state index is -0.407. The van der Waals surface area contributed by atoms with Gasteiger partial charge in [0.05, 0.1) is 24.0 Å². The molecule has 1 amide bonds. The Labute approximate surface area is 99.8 Å². The summed E-state index contributed by atoms with van der Waals surface area (Å²) in [4.78, 5) is 13.7. The highest BCUT2D eigenvalue weighted by Crippen LogP contribution is 2.28. The first kappa shape index (κ1) is 11.7. The summed E-state index contributed by atoms with van der Waals surface area (Å²) < 4.78 is 5.40. The number of β-amino-alcohol motifs (C(OH)–C–C–N with tert-alkyl or cyclic N) is 1. The Morgan fingerprint density at radius 2 is 2.29 bits per heavy atom. The maximum atomic E-state index is 12.1. The van der Waals surface area contributed by atoms with Crippen molar-refractivity contribution in [2.75, 3.05) is 25.4 Å². The lowest BCUT2D eigenvalue weighted by molar-refractivity contribution is 0.00567. The van der Waals surface area contributed by atoms with Crippen LogP contribution in [0.1, 0.15) is 17.3 Å². The SMILES string of the molecule is CCOc1c(N)cccc1C(=O)N1CC(O)C1. The van der Waals surface area contributed by atoms with Gasteiger partial charge in [0.1, 0.15) is 0 Å². The molecular formula is C12H16N2O3. The van der Waals surface area contributed by atoms with E-state index in [1.807, 2.05) is 6.92 Å². The molecule has 0 spiro atoms. The molecule has 0 aliphatic carbocycles. The summed E-state index contributed by atoms with van der Waals surface area (Å²) >= 11 is 0. The van der Waals surface area contributed by atoms with Crippen molar-refractivity contribution in [2.24, 2.45) is 0 Å². The molecule has 1 aromatic carbocycles. The first-order chi connectivity index (χ1) is 8.13. The van der Waals surface area contributed by atoms with Gasteiger partial charge in [0.15, 0.2) is 5.75 Å². The van der Waals surface area contributed by atoms with Crippen LogP contribution < -0.4 is 10.5 Å². The zero-order chi connectivity index (χ0) is 12.4. The number of nitrogens with zero attached hydrogens (tertiary/aromatic N) is 1. The summed E-state index contributed by atoms with van der Waals surface area (Å²) in [6, 6.07) is 5.11. The molecule has 3 N–H and O–H groups in total. The molecule has 2 rings (SSSR count). The van der Waals surface area contributed by atoms with Gasteiger partial charge in [-0.2, -0.15) is 0 Å². The largest absolute Gasteiger partial charge is 0.491 e. The molecule has 1 saturated heterocycles. The van der Waals surface area contributed by atoms with Gasteiger partial charge in [0.25, 0.3) is 5.91 Å². The van der Waals surface area contributed by atoms with E-state index in [0.717, 1.165) is 0 Å². The number of anilines is 1. The van der Waals surface area contributed by atoms with Gasteiger partial charge in [-0.15, -0.1) is 0 Å². The van der Waals surface area contributed by atoms with Crippen LogP contribution >= 0.6 is 0 Å². The second-order valence-corrected chi connectivity index (χ2v) is 4.02. The number of nitrogens with two attached hydrogens (primary N) is 1. The Morgan fingerprint density at radius 1 is 1.59 bits per heavy atom. The van der Waals surface area contributed by atoms with Crippen LogP contribution in [0.25, 0.3) is 0 Å². The highest BCUT2D eigenvalue weighted by molar-refractivity contribution is 5.99. The van der Waals surface area contributed by atoms with Crippen molar-refractivity contribution in [2.45, 2.75) is 13.0 Å². The van der Waals surface area contributed by atoms with Gasteiger partial charge in [-0.05, 0) is 19.1 Å². The predicted octanol–water partition coefficient (Wildman–Crippen LogP) is 0.484. The lowest BCUT2D eigenvalue weighted by Crippen LogP contribution is -2.53. The van der Waals surface area contributed by atoms with E-state index in [-0.39, 0.29) is 5.91 Å². The summed E-state index contributed by atoms with van der Waals surface area (Å²) in [7, 11) is 0. The first-order valence-corrected chi connectivity index (χ1v) is 5.62. The fourth-order valence-electron chi connectivity index (χ4n) is 1.82. The molecule has 0 unspecified atom stereocenters. The van der Waals surface area contributed by atoms with Gasteiger partial charge >= 0.3 is 0 Å². The van der Waals surface area contributed by atoms with Gasteiger partial charge in [0.2, 0.25) is 0 Å². The molecule has 0 atom stereocenters. The van der Waals surface area contributed by atoms with Crippen LogP contribution in [0, 0.1) is 0 Å². The van der Waals surface area contributed by atoms with Crippen LogP contribution in [-0.2, 0) is 0 Å². The van der Waals surface area contributed by atoms with E-state index in [2.05, 4.69) is 0 Å². The van der Waals surface area contributed by atoms with Crippen LogP contribution in [0.2, 0.25) is 0 Å². The number of amides is 1. The number of aliphatic hydroxyl groups excluding tert-OH is 1. The molecule has 92 valence electrons. The molecule has 1 aromatic rings. The van der Waals surface area contributed by atoms with Crippen molar-refractivity contribution in [3.05, 3.63) is 23.8 Å². The van der Waals surface area contributed by atoms with E-state index in [9.17, 15) is 9.90 Å². The Bertz CT molecular complexity index is 428. The highest BCUT2D eigenvalue weighted by atomic mass is 16.5. The highest BCUT2D eigenvalue weighted by Gasteiger charge is 2.31. The molecule has 5 heteroatoms. The number of likely N-dealkylation sites (tertiary alicyclic amines) is 1. The molecule has 1 fully saturated rings. The first-order valence-electron chi connectivity index (χ1n) is 5.62. The molecule has 0 aromatic heterocycles. The molecule has 1 heterocycles. The Kier molecular flexibility index (Phi) is 3.19. The van der Waals surface area contributed by atoms with Gasteiger partial charge in [-0.1, -0.05) is 6.07 Å². The number of aliphatic hydroxyl groups is 1. The lowest BCUT2D eigenvalue weighted by Gasteiger charge is -2.36. The summed E-state index contributed by atoms with van der Waals surface area (Å²) in [6.45, 7) is 3.05. The molecular weight excluding hydrogens is 220 g/mol. The van der Waals surface area contributed by atoms with E-state index in [1.165, 1.54) is 0 Å². The standard InChI is InChI=1S/C12H16N2O3/c1-2-17-11-9(4-3-5-10(11)13)12(16)14-6-8(15)7-14/h3-5,8,15H,2,6-7,13H2,1H3. The zero-order valence-electron chi connectivity index (χ0n) is 9.72. The number of para-hydroxylation sites is 1. The normalized spacial score (nSPS) is 15.5. The van der Waals surface area contributed by atoms with E-state index in [4.69, 9.17) is 10.5 Å². The molecule has 1 aliphatic rings.